The molecule has 162 valence electrons. The largest absolute Gasteiger partial charge is 0.349 e. The molecule has 10 heteroatoms. The molecule has 0 atom stereocenters. The summed E-state index contributed by atoms with van der Waals surface area (Å²) in [6, 6.07) is 11.4. The molecule has 1 fully saturated rings. The summed E-state index contributed by atoms with van der Waals surface area (Å²) in [7, 11) is -4.88. The van der Waals surface area contributed by atoms with Crippen LogP contribution in [0.15, 0.2) is 58.3 Å². The molecular formula is C20H25N3O5S2. The quantitative estimate of drug-likeness (QED) is 0.671. The van der Waals surface area contributed by atoms with Gasteiger partial charge in [-0.15, -0.1) is 0 Å². The van der Waals surface area contributed by atoms with Gasteiger partial charge in [0.05, 0.1) is 21.0 Å². The maximum absolute atomic E-state index is 12.8. The van der Waals surface area contributed by atoms with E-state index in [4.69, 9.17) is 0 Å². The number of benzene rings is 2. The van der Waals surface area contributed by atoms with Crippen LogP contribution in [0.3, 0.4) is 0 Å². The van der Waals surface area contributed by atoms with E-state index in [1.807, 2.05) is 0 Å². The van der Waals surface area contributed by atoms with Gasteiger partial charge in [0, 0.05) is 20.1 Å². The zero-order valence-corrected chi connectivity index (χ0v) is 18.5. The van der Waals surface area contributed by atoms with Gasteiger partial charge >= 0.3 is 0 Å². The van der Waals surface area contributed by atoms with E-state index in [0.29, 0.717) is 0 Å². The van der Waals surface area contributed by atoms with E-state index in [9.17, 15) is 21.6 Å². The molecule has 3 rings (SSSR count). The van der Waals surface area contributed by atoms with Crippen molar-refractivity contribution >= 4 is 31.6 Å². The van der Waals surface area contributed by atoms with Crippen molar-refractivity contribution in [3.63, 3.8) is 0 Å². The normalized spacial score (nSPS) is 15.3. The van der Waals surface area contributed by atoms with Gasteiger partial charge in [-0.1, -0.05) is 25.0 Å². The monoisotopic (exact) mass is 451 g/mol. The van der Waals surface area contributed by atoms with Crippen LogP contribution < -0.4 is 10.0 Å². The second-order valence-electron chi connectivity index (χ2n) is 7.36. The van der Waals surface area contributed by atoms with Gasteiger partial charge in [-0.05, 0) is 49.2 Å². The number of hydrogen-bond donors (Lipinski definition) is 2. The number of nitrogens with one attached hydrogen (secondary N) is 2. The van der Waals surface area contributed by atoms with E-state index < -0.39 is 20.0 Å². The Hall–Kier alpha value is -2.43. The summed E-state index contributed by atoms with van der Waals surface area (Å²) in [5.41, 5.74) is 0.401. The van der Waals surface area contributed by atoms with Crippen LogP contribution >= 0.6 is 0 Å². The fourth-order valence-corrected chi connectivity index (χ4v) is 5.29. The number of nitrogens with zero attached hydrogens (tertiary/aromatic N) is 1. The van der Waals surface area contributed by atoms with Crippen molar-refractivity contribution in [2.24, 2.45) is 0 Å². The summed E-state index contributed by atoms with van der Waals surface area (Å²) in [4.78, 5) is 12.5. The molecule has 1 saturated carbocycles. The fraction of sp³-hybridized carbons (Fsp3) is 0.350. The lowest BCUT2D eigenvalue weighted by atomic mass is 10.1. The maximum atomic E-state index is 12.8. The van der Waals surface area contributed by atoms with Crippen LogP contribution in [-0.4, -0.2) is 47.2 Å². The predicted molar refractivity (Wildman–Crippen MR) is 114 cm³/mol. The van der Waals surface area contributed by atoms with Crippen LogP contribution in [0.4, 0.5) is 5.69 Å². The van der Waals surface area contributed by atoms with Crippen molar-refractivity contribution in [1.82, 2.24) is 9.62 Å². The molecule has 0 radical (unpaired) electrons. The average molecular weight is 452 g/mol. The van der Waals surface area contributed by atoms with Gasteiger partial charge in [0.15, 0.2) is 0 Å². The van der Waals surface area contributed by atoms with Crippen molar-refractivity contribution in [3.8, 4) is 0 Å². The summed E-state index contributed by atoms with van der Waals surface area (Å²) in [6.07, 6.45) is 3.97. The van der Waals surface area contributed by atoms with Crippen LogP contribution in [0.1, 0.15) is 36.0 Å². The molecule has 2 N–H and O–H groups in total. The molecule has 0 saturated heterocycles. The Morgan fingerprint density at radius 2 is 1.47 bits per heavy atom. The van der Waals surface area contributed by atoms with Gasteiger partial charge < -0.3 is 5.32 Å². The minimum absolute atomic E-state index is 0.0113. The summed E-state index contributed by atoms with van der Waals surface area (Å²) in [5.74, 6) is -0.326. The second-order valence-corrected chi connectivity index (χ2v) is 11.2. The van der Waals surface area contributed by atoms with Gasteiger partial charge in [0.1, 0.15) is 0 Å². The Balaban J connectivity index is 1.83. The highest BCUT2D eigenvalue weighted by Crippen LogP contribution is 2.23. The number of hydrogen-bond acceptors (Lipinski definition) is 5. The molecule has 2 aromatic rings. The molecule has 2 aromatic carbocycles. The van der Waals surface area contributed by atoms with E-state index in [1.54, 1.807) is 18.2 Å². The van der Waals surface area contributed by atoms with Gasteiger partial charge in [0.25, 0.3) is 15.9 Å². The fourth-order valence-electron chi connectivity index (χ4n) is 3.31. The van der Waals surface area contributed by atoms with Crippen LogP contribution in [0.5, 0.6) is 0 Å². The summed E-state index contributed by atoms with van der Waals surface area (Å²) >= 11 is 0. The highest BCUT2D eigenvalue weighted by Gasteiger charge is 2.23. The number of carbonyl (C=O) groups excluding carboxylic acids is 1. The van der Waals surface area contributed by atoms with Gasteiger partial charge in [-0.3, -0.25) is 9.52 Å². The van der Waals surface area contributed by atoms with Crippen molar-refractivity contribution in [3.05, 3.63) is 54.1 Å². The van der Waals surface area contributed by atoms with Crippen LogP contribution in [0, 0.1) is 0 Å². The molecule has 0 aromatic heterocycles. The molecule has 30 heavy (non-hydrogen) atoms. The Kier molecular flexibility index (Phi) is 6.49. The SMILES string of the molecule is CN(C)S(=O)(=O)c1ccc(S(=O)(=O)Nc2ccccc2C(=O)NC2CCCC2)cc1. The van der Waals surface area contributed by atoms with Gasteiger partial charge in [-0.2, -0.15) is 0 Å². The molecule has 0 bridgehead atoms. The van der Waals surface area contributed by atoms with E-state index in [0.717, 1.165) is 30.0 Å². The summed E-state index contributed by atoms with van der Waals surface area (Å²) in [5, 5.41) is 2.95. The number of carbonyl (C=O) groups is 1. The van der Waals surface area contributed by atoms with Crippen LogP contribution in [0.25, 0.3) is 0 Å². The Morgan fingerprint density at radius 3 is 2.07 bits per heavy atom. The highest BCUT2D eigenvalue weighted by atomic mass is 32.2. The minimum Gasteiger partial charge on any atom is -0.349 e. The van der Waals surface area contributed by atoms with Gasteiger partial charge in [-0.25, -0.2) is 21.1 Å². The zero-order chi connectivity index (χ0) is 21.9. The molecular weight excluding hydrogens is 426 g/mol. The zero-order valence-electron chi connectivity index (χ0n) is 16.8. The Labute approximate surface area is 177 Å². The molecule has 0 spiro atoms. The van der Waals surface area contributed by atoms with Crippen molar-refractivity contribution < 1.29 is 21.6 Å². The Bertz CT molecular complexity index is 1120. The summed E-state index contributed by atoms with van der Waals surface area (Å²) in [6.45, 7) is 0. The summed E-state index contributed by atoms with van der Waals surface area (Å²) < 4.78 is 53.4. The molecule has 8 nitrogen and oxygen atoms in total. The van der Waals surface area contributed by atoms with E-state index in [-0.39, 0.29) is 33.0 Å². The lowest BCUT2D eigenvalue weighted by Crippen LogP contribution is -2.33. The first kappa shape index (κ1) is 22.3. The lowest BCUT2D eigenvalue weighted by molar-refractivity contribution is 0.0938. The molecule has 1 aliphatic carbocycles. The van der Waals surface area contributed by atoms with E-state index in [1.165, 1.54) is 44.4 Å². The van der Waals surface area contributed by atoms with E-state index >= 15 is 0 Å². The topological polar surface area (TPSA) is 113 Å². The first-order valence-electron chi connectivity index (χ1n) is 9.56. The molecule has 1 amide bonds. The highest BCUT2D eigenvalue weighted by molar-refractivity contribution is 7.92. The maximum Gasteiger partial charge on any atom is 0.261 e. The third kappa shape index (κ3) is 4.82. The van der Waals surface area contributed by atoms with Crippen LogP contribution in [-0.2, 0) is 20.0 Å². The number of anilines is 1. The van der Waals surface area contributed by atoms with E-state index in [2.05, 4.69) is 10.0 Å². The van der Waals surface area contributed by atoms with Crippen LogP contribution in [0.2, 0.25) is 0 Å². The number of rotatable bonds is 7. The van der Waals surface area contributed by atoms with Gasteiger partial charge in [0.2, 0.25) is 10.0 Å². The lowest BCUT2D eigenvalue weighted by Gasteiger charge is -2.16. The molecule has 1 aliphatic rings. The number of amides is 1. The first-order chi connectivity index (χ1) is 14.1. The molecule has 0 aliphatic heterocycles. The average Bonchev–Trinajstić information content (AvgIpc) is 3.21. The minimum atomic E-state index is -4.02. The second kappa shape index (κ2) is 8.75. The van der Waals surface area contributed by atoms with Crippen molar-refractivity contribution in [2.75, 3.05) is 18.8 Å². The first-order valence-corrected chi connectivity index (χ1v) is 12.5. The smallest absolute Gasteiger partial charge is 0.261 e. The number of sulfonamides is 2. The van der Waals surface area contributed by atoms with Crippen molar-refractivity contribution in [2.45, 2.75) is 41.5 Å². The standard InChI is InChI=1S/C20H25N3O5S2/c1-23(2)30(27,28)17-13-11-16(12-14-17)29(25,26)22-19-10-6-5-9-18(19)20(24)21-15-7-3-4-8-15/h5-6,9-15,22H,3-4,7-8H2,1-2H3,(H,21,24). The predicted octanol–water partition coefficient (Wildman–Crippen LogP) is 2.41. The third-order valence-electron chi connectivity index (χ3n) is 5.02. The van der Waals surface area contributed by atoms with Crippen molar-refractivity contribution in [1.29, 1.82) is 0 Å². The third-order valence-corrected chi connectivity index (χ3v) is 8.23. The Morgan fingerprint density at radius 1 is 0.900 bits per heavy atom. The molecule has 0 unspecified atom stereocenters. The number of para-hydroxylation sites is 1. The molecule has 0 heterocycles.